The van der Waals surface area contributed by atoms with Crippen LogP contribution in [-0.2, 0) is 9.84 Å². The first-order valence-corrected chi connectivity index (χ1v) is 12.7. The number of urea groups is 1. The van der Waals surface area contributed by atoms with Gasteiger partial charge in [-0.25, -0.2) is 22.0 Å². The summed E-state index contributed by atoms with van der Waals surface area (Å²) in [7, 11) is -3.50. The van der Waals surface area contributed by atoms with Crippen LogP contribution in [-0.4, -0.2) is 44.2 Å². The average molecular weight is 485 g/mol. The van der Waals surface area contributed by atoms with Gasteiger partial charge in [0.2, 0.25) is 0 Å². The van der Waals surface area contributed by atoms with Crippen molar-refractivity contribution < 1.29 is 22.0 Å². The van der Waals surface area contributed by atoms with Gasteiger partial charge in [0.15, 0.2) is 9.84 Å². The van der Waals surface area contributed by atoms with E-state index in [4.69, 9.17) is 0 Å². The van der Waals surface area contributed by atoms with Crippen molar-refractivity contribution in [2.24, 2.45) is 0 Å². The van der Waals surface area contributed by atoms with Crippen LogP contribution in [0.4, 0.5) is 13.6 Å². The van der Waals surface area contributed by atoms with E-state index >= 15 is 0 Å². The lowest BCUT2D eigenvalue weighted by atomic mass is 9.88. The van der Waals surface area contributed by atoms with E-state index in [0.717, 1.165) is 11.1 Å². The van der Waals surface area contributed by atoms with Crippen LogP contribution in [0.3, 0.4) is 0 Å². The van der Waals surface area contributed by atoms with Crippen molar-refractivity contribution in [3.63, 3.8) is 0 Å². The second-order valence-electron chi connectivity index (χ2n) is 8.39. The number of carbonyl (C=O) groups excluding carboxylic acids is 1. The molecule has 1 heterocycles. The van der Waals surface area contributed by atoms with Crippen molar-refractivity contribution in [3.05, 3.63) is 102 Å². The molecule has 0 spiro atoms. The zero-order chi connectivity index (χ0) is 24.1. The third-order valence-corrected chi connectivity index (χ3v) is 8.39. The Hall–Kier alpha value is -3.26. The molecule has 1 aliphatic heterocycles. The van der Waals surface area contributed by atoms with Gasteiger partial charge in [-0.1, -0.05) is 42.5 Å². The highest BCUT2D eigenvalue weighted by molar-refractivity contribution is 7.92. The maximum atomic E-state index is 13.4. The summed E-state index contributed by atoms with van der Waals surface area (Å²) in [5.74, 6) is -0.848. The van der Waals surface area contributed by atoms with Crippen LogP contribution in [0.25, 0.3) is 0 Å². The number of carbonyl (C=O) groups is 1. The predicted octanol–water partition coefficient (Wildman–Crippen LogP) is 4.74. The Labute approximate surface area is 198 Å². The highest BCUT2D eigenvalue weighted by Gasteiger charge is 2.36. The van der Waals surface area contributed by atoms with Gasteiger partial charge < -0.3 is 10.2 Å². The van der Waals surface area contributed by atoms with Gasteiger partial charge in [-0.3, -0.25) is 0 Å². The molecule has 2 amide bonds. The SMILES string of the molecule is O=C(NCCC(c1ccc(F)cc1)c1ccc(F)cc1)N1CCC(S(=O)(=O)c2ccccc2)C1. The Morgan fingerprint density at radius 1 is 0.912 bits per heavy atom. The van der Waals surface area contributed by atoms with Gasteiger partial charge in [0.05, 0.1) is 10.1 Å². The second kappa shape index (κ2) is 10.3. The van der Waals surface area contributed by atoms with E-state index in [2.05, 4.69) is 5.32 Å². The molecule has 1 unspecified atom stereocenters. The molecule has 0 bridgehead atoms. The van der Waals surface area contributed by atoms with Crippen LogP contribution in [0.5, 0.6) is 0 Å². The number of likely N-dealkylation sites (tertiary alicyclic amines) is 1. The number of rotatable bonds is 7. The molecule has 0 aromatic heterocycles. The van der Waals surface area contributed by atoms with Crippen molar-refractivity contribution in [2.45, 2.75) is 28.9 Å². The van der Waals surface area contributed by atoms with Crippen LogP contribution in [0.1, 0.15) is 29.9 Å². The normalized spacial score (nSPS) is 16.1. The van der Waals surface area contributed by atoms with Crippen molar-refractivity contribution in [3.8, 4) is 0 Å². The van der Waals surface area contributed by atoms with Crippen molar-refractivity contribution in [2.75, 3.05) is 19.6 Å². The number of sulfone groups is 1. The molecule has 0 aliphatic carbocycles. The Morgan fingerprint density at radius 3 is 2.03 bits per heavy atom. The molecule has 1 N–H and O–H groups in total. The van der Waals surface area contributed by atoms with E-state index < -0.39 is 15.1 Å². The van der Waals surface area contributed by atoms with Gasteiger partial charge >= 0.3 is 6.03 Å². The highest BCUT2D eigenvalue weighted by atomic mass is 32.2. The fourth-order valence-corrected chi connectivity index (χ4v) is 6.03. The van der Waals surface area contributed by atoms with Crippen LogP contribution < -0.4 is 5.32 Å². The highest BCUT2D eigenvalue weighted by Crippen LogP contribution is 2.28. The minimum absolute atomic E-state index is 0.141. The van der Waals surface area contributed by atoms with E-state index in [1.54, 1.807) is 54.6 Å². The zero-order valence-corrected chi connectivity index (χ0v) is 19.3. The number of benzene rings is 3. The third-order valence-electron chi connectivity index (χ3n) is 6.20. The number of hydrogen-bond acceptors (Lipinski definition) is 3. The third kappa shape index (κ3) is 5.44. The first kappa shape index (κ1) is 23.9. The Morgan fingerprint density at radius 2 is 1.47 bits per heavy atom. The first-order valence-electron chi connectivity index (χ1n) is 11.2. The van der Waals surface area contributed by atoms with Gasteiger partial charge in [0.1, 0.15) is 11.6 Å². The Balaban J connectivity index is 1.38. The predicted molar refractivity (Wildman–Crippen MR) is 126 cm³/mol. The van der Waals surface area contributed by atoms with Gasteiger partial charge in [-0.2, -0.15) is 0 Å². The van der Waals surface area contributed by atoms with Crippen molar-refractivity contribution in [1.82, 2.24) is 10.2 Å². The number of amides is 2. The topological polar surface area (TPSA) is 66.5 Å². The molecule has 0 radical (unpaired) electrons. The quantitative estimate of drug-likeness (QED) is 0.527. The molecule has 3 aromatic rings. The molecule has 1 aliphatic rings. The largest absolute Gasteiger partial charge is 0.338 e. The van der Waals surface area contributed by atoms with Crippen LogP contribution in [0.15, 0.2) is 83.8 Å². The molecule has 3 aromatic carbocycles. The van der Waals surface area contributed by atoms with Crippen molar-refractivity contribution in [1.29, 1.82) is 0 Å². The second-order valence-corrected chi connectivity index (χ2v) is 10.6. The maximum absolute atomic E-state index is 13.4. The number of nitrogens with zero attached hydrogens (tertiary/aromatic N) is 1. The molecule has 5 nitrogen and oxygen atoms in total. The summed E-state index contributed by atoms with van der Waals surface area (Å²) in [5.41, 5.74) is 1.72. The summed E-state index contributed by atoms with van der Waals surface area (Å²) in [5, 5.41) is 2.24. The Bertz CT molecular complexity index is 1170. The lowest BCUT2D eigenvalue weighted by Gasteiger charge is -2.21. The summed E-state index contributed by atoms with van der Waals surface area (Å²) < 4.78 is 52.5. The molecule has 1 atom stereocenters. The van der Waals surface area contributed by atoms with Gasteiger partial charge in [-0.15, -0.1) is 0 Å². The summed E-state index contributed by atoms with van der Waals surface area (Å²) in [6, 6.07) is 20.2. The molecule has 4 rings (SSSR count). The van der Waals surface area contributed by atoms with Crippen LogP contribution in [0.2, 0.25) is 0 Å². The lowest BCUT2D eigenvalue weighted by Crippen LogP contribution is -2.40. The number of nitrogens with one attached hydrogen (secondary N) is 1. The monoisotopic (exact) mass is 484 g/mol. The molecule has 34 heavy (non-hydrogen) atoms. The summed E-state index contributed by atoms with van der Waals surface area (Å²) in [4.78, 5) is 14.5. The van der Waals surface area contributed by atoms with E-state index in [0.29, 0.717) is 25.9 Å². The maximum Gasteiger partial charge on any atom is 0.317 e. The van der Waals surface area contributed by atoms with E-state index in [1.807, 2.05) is 0 Å². The fraction of sp³-hybridized carbons (Fsp3) is 0.269. The molecule has 0 saturated carbocycles. The molecule has 1 saturated heterocycles. The lowest BCUT2D eigenvalue weighted by molar-refractivity contribution is 0.208. The van der Waals surface area contributed by atoms with E-state index in [-0.39, 0.29) is 35.0 Å². The number of hydrogen-bond donors (Lipinski definition) is 1. The number of halogens is 2. The smallest absolute Gasteiger partial charge is 0.317 e. The van der Waals surface area contributed by atoms with E-state index in [1.165, 1.54) is 29.2 Å². The minimum atomic E-state index is -3.50. The van der Waals surface area contributed by atoms with Gasteiger partial charge in [0.25, 0.3) is 0 Å². The average Bonchev–Trinajstić information content (AvgIpc) is 3.35. The summed E-state index contributed by atoms with van der Waals surface area (Å²) >= 11 is 0. The van der Waals surface area contributed by atoms with Gasteiger partial charge in [-0.05, 0) is 60.4 Å². The van der Waals surface area contributed by atoms with Crippen LogP contribution in [0, 0.1) is 11.6 Å². The molecule has 8 heteroatoms. The zero-order valence-electron chi connectivity index (χ0n) is 18.5. The Kier molecular flexibility index (Phi) is 7.26. The fourth-order valence-electron chi connectivity index (χ4n) is 4.32. The standard InChI is InChI=1S/C26H26F2N2O3S/c27-21-10-6-19(7-11-21)25(20-8-12-22(28)13-9-20)14-16-29-26(31)30-17-15-24(18-30)34(32,33)23-4-2-1-3-5-23/h1-13,24-25H,14-18H2,(H,29,31). The van der Waals surface area contributed by atoms with Crippen molar-refractivity contribution >= 4 is 15.9 Å². The molecular weight excluding hydrogens is 458 g/mol. The van der Waals surface area contributed by atoms with Gasteiger partial charge in [0, 0.05) is 25.6 Å². The summed E-state index contributed by atoms with van der Waals surface area (Å²) in [6.45, 7) is 0.829. The molecule has 178 valence electrons. The summed E-state index contributed by atoms with van der Waals surface area (Å²) in [6.07, 6.45) is 0.904. The van der Waals surface area contributed by atoms with Crippen LogP contribution >= 0.6 is 0 Å². The molecular formula is C26H26F2N2O3S. The molecule has 1 fully saturated rings. The first-order chi connectivity index (χ1) is 16.3. The van der Waals surface area contributed by atoms with E-state index in [9.17, 15) is 22.0 Å². The minimum Gasteiger partial charge on any atom is -0.338 e.